The van der Waals surface area contributed by atoms with Crippen LogP contribution in [0, 0.1) is 0 Å². The summed E-state index contributed by atoms with van der Waals surface area (Å²) in [5, 5.41) is 18.2. The molecule has 1 aromatic rings. The Morgan fingerprint density at radius 2 is 2.42 bits per heavy atom. The Kier molecular flexibility index (Phi) is 4.38. The molecule has 9 heteroatoms. The van der Waals surface area contributed by atoms with Gasteiger partial charge in [0.1, 0.15) is 11.0 Å². The lowest BCUT2D eigenvalue weighted by molar-refractivity contribution is -0.138. The lowest BCUT2D eigenvalue weighted by atomic mass is 10.3. The minimum atomic E-state index is -1.03. The Hall–Kier alpha value is -1.61. The first-order valence-electron chi connectivity index (χ1n) is 5.10. The summed E-state index contributed by atoms with van der Waals surface area (Å²) in [4.78, 5) is 21.9. The van der Waals surface area contributed by atoms with Gasteiger partial charge in [0, 0.05) is 0 Å². The third-order valence-electron chi connectivity index (χ3n) is 2.06. The van der Waals surface area contributed by atoms with Crippen molar-refractivity contribution in [3.8, 4) is 0 Å². The lowest BCUT2D eigenvalue weighted by Gasteiger charge is -1.97. The van der Waals surface area contributed by atoms with Gasteiger partial charge in [0.15, 0.2) is 9.84 Å². The highest BCUT2D eigenvalue weighted by Crippen LogP contribution is 2.22. The van der Waals surface area contributed by atoms with Crippen LogP contribution in [0.5, 0.6) is 0 Å². The molecular formula is C10H8BrN3O4S. The molecule has 100 valence electrons. The zero-order chi connectivity index (χ0) is 13.8. The van der Waals surface area contributed by atoms with Gasteiger partial charge in [-0.2, -0.15) is 5.10 Å². The van der Waals surface area contributed by atoms with E-state index in [-0.39, 0.29) is 17.5 Å². The number of amidine groups is 1. The van der Waals surface area contributed by atoms with Gasteiger partial charge < -0.3 is 14.8 Å². The van der Waals surface area contributed by atoms with Crippen molar-refractivity contribution in [3.63, 3.8) is 0 Å². The summed E-state index contributed by atoms with van der Waals surface area (Å²) in [5.41, 5.74) is 0. The molecule has 1 aliphatic heterocycles. The molecule has 1 fully saturated rings. The summed E-state index contributed by atoms with van der Waals surface area (Å²) >= 11 is 4.19. The zero-order valence-corrected chi connectivity index (χ0v) is 11.8. The van der Waals surface area contributed by atoms with E-state index in [0.29, 0.717) is 10.4 Å². The summed E-state index contributed by atoms with van der Waals surface area (Å²) in [7, 11) is 0. The molecule has 2 N–H and O–H groups in total. The molecule has 0 radical (unpaired) electrons. The van der Waals surface area contributed by atoms with Crippen molar-refractivity contribution in [2.75, 3.05) is 0 Å². The largest absolute Gasteiger partial charge is 0.481 e. The molecular weight excluding hydrogens is 338 g/mol. The fraction of sp³-hybridized carbons (Fsp3) is 0.200. The maximum absolute atomic E-state index is 11.4. The summed E-state index contributed by atoms with van der Waals surface area (Å²) in [6.07, 6.45) is 1.14. The highest BCUT2D eigenvalue weighted by Gasteiger charge is 2.32. The number of thioether (sulfide) groups is 1. The third kappa shape index (κ3) is 3.93. The number of carboxylic acids is 1. The van der Waals surface area contributed by atoms with E-state index in [4.69, 9.17) is 9.52 Å². The van der Waals surface area contributed by atoms with E-state index in [1.165, 1.54) is 6.21 Å². The molecule has 1 atom stereocenters. The van der Waals surface area contributed by atoms with Crippen molar-refractivity contribution in [1.29, 1.82) is 0 Å². The van der Waals surface area contributed by atoms with E-state index in [2.05, 4.69) is 31.4 Å². The molecule has 1 aliphatic rings. The van der Waals surface area contributed by atoms with Crippen molar-refractivity contribution in [2.45, 2.75) is 11.7 Å². The standard InChI is InChI=1S/C10H8BrN3O4S/c11-7-2-1-5(18-7)4-12-14-10-13-9(17)6(19-10)3-8(15)16/h1-2,4,6H,3H2,(H,15,16)(H,13,14,17)/t6-/m1/s1. The van der Waals surface area contributed by atoms with E-state index in [0.717, 1.165) is 11.8 Å². The predicted octanol–water partition coefficient (Wildman–Crippen LogP) is 1.44. The second-order valence-electron chi connectivity index (χ2n) is 3.49. The molecule has 0 unspecified atom stereocenters. The number of nitrogens with zero attached hydrogens (tertiary/aromatic N) is 2. The van der Waals surface area contributed by atoms with Crippen LogP contribution in [0.3, 0.4) is 0 Å². The number of aliphatic carboxylic acids is 1. The van der Waals surface area contributed by atoms with Crippen molar-refractivity contribution in [2.24, 2.45) is 10.2 Å². The number of halogens is 1. The number of carbonyl (C=O) groups excluding carboxylic acids is 1. The Balaban J connectivity index is 1.96. The van der Waals surface area contributed by atoms with E-state index in [1.807, 2.05) is 0 Å². The first-order valence-corrected chi connectivity index (χ1v) is 6.77. The molecule has 7 nitrogen and oxygen atoms in total. The Labute approximate surface area is 120 Å². The van der Waals surface area contributed by atoms with Gasteiger partial charge in [0.25, 0.3) is 0 Å². The third-order valence-corrected chi connectivity index (χ3v) is 3.56. The summed E-state index contributed by atoms with van der Waals surface area (Å²) in [5.74, 6) is -0.896. The second-order valence-corrected chi connectivity index (χ2v) is 5.46. The first kappa shape index (κ1) is 13.8. The van der Waals surface area contributed by atoms with Gasteiger partial charge in [-0.15, -0.1) is 5.10 Å². The zero-order valence-electron chi connectivity index (χ0n) is 9.37. The number of hydrogen-bond donors (Lipinski definition) is 2. The molecule has 19 heavy (non-hydrogen) atoms. The van der Waals surface area contributed by atoms with E-state index in [1.54, 1.807) is 12.1 Å². The normalized spacial score (nSPS) is 21.2. The molecule has 1 amide bonds. The molecule has 0 saturated carbocycles. The number of carbonyl (C=O) groups is 2. The van der Waals surface area contributed by atoms with Crippen LogP contribution in [0.25, 0.3) is 0 Å². The van der Waals surface area contributed by atoms with Crippen LogP contribution in [0.1, 0.15) is 12.2 Å². The molecule has 2 heterocycles. The maximum atomic E-state index is 11.4. The van der Waals surface area contributed by atoms with Gasteiger partial charge in [-0.25, -0.2) is 0 Å². The van der Waals surface area contributed by atoms with Crippen LogP contribution in [0.15, 0.2) is 31.4 Å². The van der Waals surface area contributed by atoms with Crippen molar-refractivity contribution >= 4 is 51.0 Å². The molecule has 0 spiro atoms. The highest BCUT2D eigenvalue weighted by molar-refractivity contribution is 9.10. The second kappa shape index (κ2) is 6.02. The Morgan fingerprint density at radius 1 is 1.63 bits per heavy atom. The number of hydrogen-bond acceptors (Lipinski definition) is 6. The lowest BCUT2D eigenvalue weighted by Crippen LogP contribution is -2.26. The molecule has 1 aromatic heterocycles. The van der Waals surface area contributed by atoms with Crippen LogP contribution in [0.4, 0.5) is 0 Å². The molecule has 1 saturated heterocycles. The van der Waals surface area contributed by atoms with Gasteiger partial charge in [0.2, 0.25) is 5.91 Å². The maximum Gasteiger partial charge on any atom is 0.305 e. The molecule has 0 aliphatic carbocycles. The molecule has 0 bridgehead atoms. The van der Waals surface area contributed by atoms with Crippen LogP contribution in [-0.2, 0) is 9.59 Å². The monoisotopic (exact) mass is 345 g/mol. The SMILES string of the molecule is O=C(O)C[C@H]1S/C(=N\N=Cc2ccc(Br)o2)NC1=O. The van der Waals surface area contributed by atoms with Crippen LogP contribution in [-0.4, -0.2) is 33.6 Å². The number of rotatable bonds is 4. The van der Waals surface area contributed by atoms with Crippen LogP contribution in [0.2, 0.25) is 0 Å². The minimum absolute atomic E-state index is 0.246. The number of amides is 1. The first-order chi connectivity index (χ1) is 9.04. The summed E-state index contributed by atoms with van der Waals surface area (Å²) < 4.78 is 5.74. The molecule has 2 rings (SSSR count). The van der Waals surface area contributed by atoms with Gasteiger partial charge in [-0.3, -0.25) is 9.59 Å². The van der Waals surface area contributed by atoms with Crippen LogP contribution >= 0.6 is 27.7 Å². The van der Waals surface area contributed by atoms with Crippen molar-refractivity contribution in [1.82, 2.24) is 5.32 Å². The quantitative estimate of drug-likeness (QED) is 0.634. The van der Waals surface area contributed by atoms with Crippen LogP contribution < -0.4 is 5.32 Å². The fourth-order valence-corrected chi connectivity index (χ4v) is 2.52. The molecule has 0 aromatic carbocycles. The van der Waals surface area contributed by atoms with E-state index < -0.39 is 11.2 Å². The Morgan fingerprint density at radius 3 is 3.05 bits per heavy atom. The van der Waals surface area contributed by atoms with Gasteiger partial charge in [-0.05, 0) is 28.1 Å². The number of furan rings is 1. The number of nitrogens with one attached hydrogen (secondary N) is 1. The van der Waals surface area contributed by atoms with Crippen molar-refractivity contribution < 1.29 is 19.1 Å². The summed E-state index contributed by atoms with van der Waals surface area (Å²) in [6.45, 7) is 0. The Bertz CT molecular complexity index is 569. The summed E-state index contributed by atoms with van der Waals surface area (Å²) in [6, 6.07) is 3.41. The fourth-order valence-electron chi connectivity index (χ4n) is 1.28. The average Bonchev–Trinajstić information content (AvgIpc) is 2.86. The smallest absolute Gasteiger partial charge is 0.305 e. The van der Waals surface area contributed by atoms with E-state index in [9.17, 15) is 9.59 Å². The predicted molar refractivity (Wildman–Crippen MR) is 73.2 cm³/mol. The number of carboxylic acid groups (broad SMARTS) is 1. The van der Waals surface area contributed by atoms with Gasteiger partial charge in [0.05, 0.1) is 12.6 Å². The van der Waals surface area contributed by atoms with E-state index >= 15 is 0 Å². The average molecular weight is 346 g/mol. The van der Waals surface area contributed by atoms with Crippen molar-refractivity contribution in [3.05, 3.63) is 22.6 Å². The van der Waals surface area contributed by atoms with Gasteiger partial charge >= 0.3 is 5.97 Å². The minimum Gasteiger partial charge on any atom is -0.481 e. The topological polar surface area (TPSA) is 104 Å². The highest BCUT2D eigenvalue weighted by atomic mass is 79.9. The van der Waals surface area contributed by atoms with Gasteiger partial charge in [-0.1, -0.05) is 11.8 Å².